The van der Waals surface area contributed by atoms with Crippen molar-refractivity contribution in [3.63, 3.8) is 0 Å². The minimum atomic E-state index is -0.180. The summed E-state index contributed by atoms with van der Waals surface area (Å²) in [6.07, 6.45) is 1.04. The third-order valence-electron chi connectivity index (χ3n) is 3.13. The van der Waals surface area contributed by atoms with Gasteiger partial charge in [0.1, 0.15) is 11.5 Å². The van der Waals surface area contributed by atoms with E-state index in [-0.39, 0.29) is 17.9 Å². The molecule has 18 heavy (non-hydrogen) atoms. The van der Waals surface area contributed by atoms with Crippen LogP contribution < -0.4 is 0 Å². The summed E-state index contributed by atoms with van der Waals surface area (Å²) in [4.78, 5) is 15.0. The molecule has 0 aliphatic carbocycles. The number of amides is 1. The Kier molecular flexibility index (Phi) is 3.74. The molecule has 1 aromatic rings. The Morgan fingerprint density at radius 2 is 2.39 bits per heavy atom. The summed E-state index contributed by atoms with van der Waals surface area (Å²) in [6.45, 7) is 5.80. The molecule has 3 nitrogen and oxygen atoms in total. The van der Waals surface area contributed by atoms with Crippen molar-refractivity contribution >= 4 is 17.2 Å². The van der Waals surface area contributed by atoms with Crippen LogP contribution in [0.1, 0.15) is 35.5 Å². The maximum atomic E-state index is 12.4. The molecular weight excluding hydrogens is 246 g/mol. The molecule has 1 N–H and O–H groups in total. The first-order valence-electron chi connectivity index (χ1n) is 6.00. The number of rotatable bonds is 1. The summed E-state index contributed by atoms with van der Waals surface area (Å²) in [5, 5.41) is 10.6. The van der Waals surface area contributed by atoms with Gasteiger partial charge in [-0.05, 0) is 23.3 Å². The number of thiophene rings is 1. The first kappa shape index (κ1) is 13.1. The molecule has 2 rings (SSSR count). The molecule has 0 spiro atoms. The Hall–Kier alpha value is -1.31. The van der Waals surface area contributed by atoms with E-state index in [0.29, 0.717) is 4.88 Å². The van der Waals surface area contributed by atoms with Crippen LogP contribution in [0.25, 0.3) is 0 Å². The van der Waals surface area contributed by atoms with Gasteiger partial charge in [0, 0.05) is 18.7 Å². The largest absolute Gasteiger partial charge is 0.384 e. The van der Waals surface area contributed by atoms with Crippen LogP contribution >= 0.6 is 11.3 Å². The van der Waals surface area contributed by atoms with Crippen LogP contribution in [-0.2, 0) is 0 Å². The van der Waals surface area contributed by atoms with Crippen molar-refractivity contribution in [1.82, 2.24) is 4.90 Å². The van der Waals surface area contributed by atoms with E-state index in [0.717, 1.165) is 25.1 Å². The lowest BCUT2D eigenvalue weighted by atomic mass is 9.93. The van der Waals surface area contributed by atoms with Crippen LogP contribution in [0.5, 0.6) is 0 Å². The highest BCUT2D eigenvalue weighted by molar-refractivity contribution is 7.12. The Morgan fingerprint density at radius 3 is 3.00 bits per heavy atom. The summed E-state index contributed by atoms with van der Waals surface area (Å²) in [7, 11) is 0. The first-order chi connectivity index (χ1) is 8.53. The Bertz CT molecular complexity index is 507. The number of carbonyl (C=O) groups excluding carboxylic acids is 1. The van der Waals surface area contributed by atoms with Gasteiger partial charge in [0.25, 0.3) is 5.91 Å². The number of carbonyl (C=O) groups is 1. The fourth-order valence-corrected chi connectivity index (χ4v) is 2.95. The van der Waals surface area contributed by atoms with E-state index in [1.165, 1.54) is 11.3 Å². The van der Waals surface area contributed by atoms with Crippen molar-refractivity contribution in [3.8, 4) is 11.8 Å². The fraction of sp³-hybridized carbons (Fsp3) is 0.500. The predicted molar refractivity (Wildman–Crippen MR) is 72.6 cm³/mol. The van der Waals surface area contributed by atoms with Crippen molar-refractivity contribution in [3.05, 3.63) is 21.9 Å². The Balaban J connectivity index is 2.17. The van der Waals surface area contributed by atoms with E-state index in [4.69, 9.17) is 5.11 Å². The second-order valence-electron chi connectivity index (χ2n) is 5.26. The molecule has 0 bridgehead atoms. The molecule has 1 saturated heterocycles. The Morgan fingerprint density at radius 1 is 1.61 bits per heavy atom. The van der Waals surface area contributed by atoms with Gasteiger partial charge in [-0.2, -0.15) is 0 Å². The predicted octanol–water partition coefficient (Wildman–Crippen LogP) is 1.96. The van der Waals surface area contributed by atoms with E-state index in [1.807, 2.05) is 16.3 Å². The topological polar surface area (TPSA) is 40.5 Å². The van der Waals surface area contributed by atoms with Gasteiger partial charge in [-0.15, -0.1) is 11.3 Å². The third-order valence-corrected chi connectivity index (χ3v) is 4.03. The molecule has 1 aromatic heterocycles. The minimum Gasteiger partial charge on any atom is -0.384 e. The summed E-state index contributed by atoms with van der Waals surface area (Å²) in [5.74, 6) is 5.49. The van der Waals surface area contributed by atoms with Gasteiger partial charge in [0.15, 0.2) is 0 Å². The number of nitrogens with zero attached hydrogens (tertiary/aromatic N) is 1. The lowest BCUT2D eigenvalue weighted by Crippen LogP contribution is -2.30. The van der Waals surface area contributed by atoms with Gasteiger partial charge in [-0.25, -0.2) is 0 Å². The minimum absolute atomic E-state index is 0.0674. The monoisotopic (exact) mass is 263 g/mol. The van der Waals surface area contributed by atoms with Gasteiger partial charge in [-0.1, -0.05) is 25.7 Å². The van der Waals surface area contributed by atoms with Crippen molar-refractivity contribution in [2.75, 3.05) is 19.7 Å². The van der Waals surface area contributed by atoms with E-state index >= 15 is 0 Å². The Labute approximate surface area is 111 Å². The molecule has 96 valence electrons. The van der Waals surface area contributed by atoms with Gasteiger partial charge < -0.3 is 10.0 Å². The molecule has 4 heteroatoms. The molecule has 0 radical (unpaired) electrons. The van der Waals surface area contributed by atoms with Gasteiger partial charge in [0.2, 0.25) is 0 Å². The van der Waals surface area contributed by atoms with Crippen molar-refractivity contribution in [1.29, 1.82) is 0 Å². The van der Waals surface area contributed by atoms with Gasteiger partial charge in [-0.3, -0.25) is 4.79 Å². The molecule has 1 aliphatic rings. The molecular formula is C14H17NO2S. The second-order valence-corrected chi connectivity index (χ2v) is 6.18. The third kappa shape index (κ3) is 2.74. The highest BCUT2D eigenvalue weighted by Gasteiger charge is 2.33. The quantitative estimate of drug-likeness (QED) is 0.787. The van der Waals surface area contributed by atoms with E-state index in [1.54, 1.807) is 0 Å². The molecule has 0 atom stereocenters. The number of aliphatic hydroxyl groups is 1. The number of hydrogen-bond donors (Lipinski definition) is 1. The zero-order chi connectivity index (χ0) is 13.2. The average Bonchev–Trinajstić information content (AvgIpc) is 2.91. The average molecular weight is 263 g/mol. The zero-order valence-corrected chi connectivity index (χ0v) is 11.5. The number of aliphatic hydroxyl groups excluding tert-OH is 1. The summed E-state index contributed by atoms with van der Waals surface area (Å²) >= 11 is 1.42. The van der Waals surface area contributed by atoms with Crippen molar-refractivity contribution < 1.29 is 9.90 Å². The van der Waals surface area contributed by atoms with Crippen molar-refractivity contribution in [2.45, 2.75) is 20.3 Å². The lowest BCUT2D eigenvalue weighted by Gasteiger charge is -2.19. The molecule has 1 aliphatic heterocycles. The van der Waals surface area contributed by atoms with Gasteiger partial charge in [0.05, 0.1) is 0 Å². The standard InChI is InChI=1S/C14H17NO2S/c1-14(2)6-7-15(10-14)13(17)12-11(4-3-8-16)5-9-18-12/h5,9,16H,6-8,10H2,1-2H3. The van der Waals surface area contributed by atoms with Crippen LogP contribution in [0.15, 0.2) is 11.4 Å². The fourth-order valence-electron chi connectivity index (χ4n) is 2.14. The van der Waals surface area contributed by atoms with Crippen LogP contribution in [0.4, 0.5) is 0 Å². The zero-order valence-electron chi connectivity index (χ0n) is 10.7. The molecule has 0 saturated carbocycles. The highest BCUT2D eigenvalue weighted by atomic mass is 32.1. The molecule has 2 heterocycles. The lowest BCUT2D eigenvalue weighted by molar-refractivity contribution is 0.0783. The second kappa shape index (κ2) is 5.13. The molecule has 0 unspecified atom stereocenters. The molecule has 1 fully saturated rings. The summed E-state index contributed by atoms with van der Waals surface area (Å²) in [6, 6.07) is 1.84. The van der Waals surface area contributed by atoms with Crippen molar-refractivity contribution in [2.24, 2.45) is 5.41 Å². The maximum absolute atomic E-state index is 12.4. The first-order valence-corrected chi connectivity index (χ1v) is 6.88. The molecule has 0 aromatic carbocycles. The summed E-state index contributed by atoms with van der Waals surface area (Å²) < 4.78 is 0. The number of hydrogen-bond acceptors (Lipinski definition) is 3. The maximum Gasteiger partial charge on any atom is 0.265 e. The van der Waals surface area contributed by atoms with E-state index < -0.39 is 0 Å². The normalized spacial score (nSPS) is 17.4. The van der Waals surface area contributed by atoms with Crippen LogP contribution in [0.2, 0.25) is 0 Å². The van der Waals surface area contributed by atoms with E-state index in [9.17, 15) is 4.79 Å². The smallest absolute Gasteiger partial charge is 0.265 e. The van der Waals surface area contributed by atoms with E-state index in [2.05, 4.69) is 25.7 Å². The SMILES string of the molecule is CC1(C)CCN(C(=O)c2sccc2C#CCO)C1. The highest BCUT2D eigenvalue weighted by Crippen LogP contribution is 2.31. The van der Waals surface area contributed by atoms with Gasteiger partial charge >= 0.3 is 0 Å². The summed E-state index contributed by atoms with van der Waals surface area (Å²) in [5.41, 5.74) is 0.938. The number of likely N-dealkylation sites (tertiary alicyclic amines) is 1. The molecule has 1 amide bonds. The van der Waals surface area contributed by atoms with Crippen LogP contribution in [-0.4, -0.2) is 35.6 Å². The van der Waals surface area contributed by atoms with Crippen LogP contribution in [0, 0.1) is 17.3 Å². The van der Waals surface area contributed by atoms with Crippen LogP contribution in [0.3, 0.4) is 0 Å².